The molecule has 2 aromatic carbocycles. The highest BCUT2D eigenvalue weighted by Crippen LogP contribution is 2.31. The normalized spacial score (nSPS) is 17.3. The number of hydrogen-bond donors (Lipinski definition) is 6. The van der Waals surface area contributed by atoms with Crippen LogP contribution in [0.1, 0.15) is 84.8 Å². The van der Waals surface area contributed by atoms with Crippen LogP contribution in [0.4, 0.5) is 5.82 Å². The number of aliphatic hydroxyl groups is 1. The lowest BCUT2D eigenvalue weighted by molar-refractivity contribution is -0.139. The van der Waals surface area contributed by atoms with Crippen LogP contribution in [-0.2, 0) is 25.6 Å². The monoisotopic (exact) mass is 704 g/mol. The van der Waals surface area contributed by atoms with E-state index in [1.165, 1.54) is 6.33 Å². The second-order valence-electron chi connectivity index (χ2n) is 14.5. The molecule has 1 aliphatic carbocycles. The van der Waals surface area contributed by atoms with Crippen LogP contribution in [-0.4, -0.2) is 69.3 Å². The Morgan fingerprint density at radius 3 is 2.37 bits per heavy atom. The van der Waals surface area contributed by atoms with Gasteiger partial charge >= 0.3 is 0 Å². The first-order chi connectivity index (χ1) is 24.4. The summed E-state index contributed by atoms with van der Waals surface area (Å²) in [6.45, 7) is 7.11. The van der Waals surface area contributed by atoms with E-state index in [1.54, 1.807) is 6.07 Å². The molecule has 0 spiro atoms. The second kappa shape index (κ2) is 18.9. The number of rotatable bonds is 19. The molecule has 1 fully saturated rings. The van der Waals surface area contributed by atoms with Gasteiger partial charge in [0, 0.05) is 23.8 Å². The van der Waals surface area contributed by atoms with Gasteiger partial charge in [0.1, 0.15) is 11.6 Å². The highest BCUT2D eigenvalue weighted by molar-refractivity contribution is 6.39. The molecule has 51 heavy (non-hydrogen) atoms. The molecule has 1 aromatic heterocycles. The molecule has 12 heteroatoms. The van der Waals surface area contributed by atoms with Crippen molar-refractivity contribution in [2.75, 3.05) is 12.3 Å². The summed E-state index contributed by atoms with van der Waals surface area (Å²) in [5, 5.41) is 19.2. The number of aromatic nitrogens is 2. The van der Waals surface area contributed by atoms with Crippen LogP contribution < -0.4 is 26.8 Å². The average Bonchev–Trinajstić information content (AvgIpc) is 3.54. The summed E-state index contributed by atoms with van der Waals surface area (Å²) in [7, 11) is 0. The molecule has 0 radical (unpaired) electrons. The Labute approximate surface area is 300 Å². The molecule has 8 N–H and O–H groups in total. The number of benzene rings is 2. The number of ether oxygens (including phenoxy) is 1. The summed E-state index contributed by atoms with van der Waals surface area (Å²) in [4.78, 5) is 60.5. The van der Waals surface area contributed by atoms with Gasteiger partial charge in [-0.15, -0.1) is 0 Å². The first-order valence-corrected chi connectivity index (χ1v) is 18.4. The molecular formula is C39H56N6O6. The topological polar surface area (TPSA) is 203 Å². The van der Waals surface area contributed by atoms with Crippen LogP contribution in [0.25, 0.3) is 10.8 Å². The second-order valence-corrected chi connectivity index (χ2v) is 14.5. The number of fused-ring (bicyclic) bond motifs is 1. The summed E-state index contributed by atoms with van der Waals surface area (Å²) < 4.78 is 5.89. The summed E-state index contributed by atoms with van der Waals surface area (Å²) >= 11 is 0. The minimum Gasteiger partial charge on any atom is -0.485 e. The number of carbonyl (C=O) groups excluding carboxylic acids is 4. The molecule has 6 atom stereocenters. The minimum absolute atomic E-state index is 0.0586. The largest absolute Gasteiger partial charge is 0.485 e. The van der Waals surface area contributed by atoms with Gasteiger partial charge in [-0.05, 0) is 54.9 Å². The van der Waals surface area contributed by atoms with Crippen molar-refractivity contribution in [3.8, 4) is 5.75 Å². The molecule has 1 aliphatic rings. The van der Waals surface area contributed by atoms with Crippen molar-refractivity contribution in [2.45, 2.75) is 110 Å². The first-order valence-electron chi connectivity index (χ1n) is 18.4. The number of nitrogen functional groups attached to an aromatic ring is 1. The number of nitrogens with one attached hydrogen (secondary N) is 3. The van der Waals surface area contributed by atoms with Gasteiger partial charge in [-0.1, -0.05) is 89.8 Å². The van der Waals surface area contributed by atoms with E-state index in [0.717, 1.165) is 42.9 Å². The van der Waals surface area contributed by atoms with E-state index in [-0.39, 0.29) is 43.1 Å². The number of aromatic amines is 1. The molecule has 4 rings (SSSR count). The molecule has 278 valence electrons. The molecule has 12 nitrogen and oxygen atoms in total. The number of carbonyl (C=O) groups is 4. The molecule has 0 bridgehead atoms. The molecule has 2 amide bonds. The van der Waals surface area contributed by atoms with Crippen molar-refractivity contribution >= 4 is 40.0 Å². The standard InChI is InChI=1S/C39H56N6O6/c1-5-24(4)35(40)39(50)45-38(49)29(23(2)3)18-27(46)19-30(26-13-7-6-8-14-26)44-31(20-32-37(41)43-22-42-32)36(48)33(47)21-51-34-17-11-15-25-12-9-10-16-28(25)34/h9-12,15-17,22-24,26-27,29-31,35,44,46H,5-8,13-14,18-21,40-41H2,1-4H3,(H,42,43)(H,45,49,50)/t24-,27?,29?,30?,31-,35-/m0/s1. The first kappa shape index (κ1) is 39.7. The van der Waals surface area contributed by atoms with E-state index in [1.807, 2.05) is 64.1 Å². The van der Waals surface area contributed by atoms with E-state index in [2.05, 4.69) is 20.6 Å². The maximum absolute atomic E-state index is 13.9. The molecule has 1 heterocycles. The lowest BCUT2D eigenvalue weighted by Crippen LogP contribution is -2.52. The molecule has 0 aliphatic heterocycles. The zero-order chi connectivity index (χ0) is 37.1. The minimum atomic E-state index is -0.984. The number of anilines is 1. The molecule has 3 aromatic rings. The smallest absolute Gasteiger partial charge is 0.243 e. The quantitative estimate of drug-likeness (QED) is 0.0980. The van der Waals surface area contributed by atoms with Gasteiger partial charge in [0.05, 0.1) is 30.2 Å². The summed E-state index contributed by atoms with van der Waals surface area (Å²) in [6.07, 6.45) is 6.53. The van der Waals surface area contributed by atoms with Crippen molar-refractivity contribution in [2.24, 2.45) is 29.4 Å². The zero-order valence-corrected chi connectivity index (χ0v) is 30.4. The van der Waals surface area contributed by atoms with Gasteiger partial charge in [0.15, 0.2) is 6.61 Å². The van der Waals surface area contributed by atoms with E-state index < -0.39 is 54.1 Å². The van der Waals surface area contributed by atoms with Crippen LogP contribution in [0.5, 0.6) is 5.75 Å². The SMILES string of the molecule is CC[C@H](C)[C@H](N)C(=O)NC(=O)C(CC(O)CC(N[C@@H](Cc1nc[nH]c1N)C(=O)C(=O)COc1cccc2ccccc12)C1CCCCC1)C(C)C. The number of amides is 2. The van der Waals surface area contributed by atoms with E-state index in [4.69, 9.17) is 16.2 Å². The Kier molecular flexibility index (Phi) is 14.7. The Hall–Kier alpha value is -4.13. The number of hydrogen-bond acceptors (Lipinski definition) is 10. The molecule has 0 saturated heterocycles. The fourth-order valence-corrected chi connectivity index (χ4v) is 7.01. The number of H-pyrrole nitrogens is 1. The number of imidazole rings is 1. The van der Waals surface area contributed by atoms with E-state index >= 15 is 0 Å². The molecular weight excluding hydrogens is 648 g/mol. The number of ketones is 2. The third kappa shape index (κ3) is 10.9. The summed E-state index contributed by atoms with van der Waals surface area (Å²) in [5.41, 5.74) is 12.6. The average molecular weight is 705 g/mol. The maximum atomic E-state index is 13.9. The van der Waals surface area contributed by atoms with Crippen molar-refractivity contribution < 1.29 is 29.0 Å². The predicted molar refractivity (Wildman–Crippen MR) is 198 cm³/mol. The third-order valence-corrected chi connectivity index (χ3v) is 10.5. The van der Waals surface area contributed by atoms with Crippen molar-refractivity contribution in [1.82, 2.24) is 20.6 Å². The lowest BCUT2D eigenvalue weighted by atomic mass is 9.79. The Morgan fingerprint density at radius 1 is 1.00 bits per heavy atom. The van der Waals surface area contributed by atoms with Gasteiger partial charge in [0.25, 0.3) is 0 Å². The fraction of sp³-hybridized carbons (Fsp3) is 0.564. The van der Waals surface area contributed by atoms with Gasteiger partial charge < -0.3 is 31.6 Å². The summed E-state index contributed by atoms with van der Waals surface area (Å²) in [5.74, 6) is -2.31. The predicted octanol–water partition coefficient (Wildman–Crippen LogP) is 4.24. The van der Waals surface area contributed by atoms with Crippen molar-refractivity contribution in [3.05, 3.63) is 54.5 Å². The fourth-order valence-electron chi connectivity index (χ4n) is 7.01. The number of nitrogens with zero attached hydrogens (tertiary/aromatic N) is 1. The Bertz CT molecular complexity index is 1610. The van der Waals surface area contributed by atoms with Crippen molar-refractivity contribution in [3.63, 3.8) is 0 Å². The molecule has 3 unspecified atom stereocenters. The van der Waals surface area contributed by atoms with Crippen LogP contribution in [0.2, 0.25) is 0 Å². The van der Waals surface area contributed by atoms with Crippen LogP contribution in [0.15, 0.2) is 48.8 Å². The highest BCUT2D eigenvalue weighted by atomic mass is 16.5. The van der Waals surface area contributed by atoms with E-state index in [0.29, 0.717) is 23.7 Å². The van der Waals surface area contributed by atoms with Gasteiger partial charge in [-0.3, -0.25) is 24.5 Å². The number of Topliss-reactive ketones (excluding diaryl/α,β-unsaturated/α-hetero) is 2. The number of aliphatic hydroxyl groups excluding tert-OH is 1. The highest BCUT2D eigenvalue weighted by Gasteiger charge is 2.35. The lowest BCUT2D eigenvalue weighted by Gasteiger charge is -2.35. The summed E-state index contributed by atoms with van der Waals surface area (Å²) in [6, 6.07) is 11.0. The molecule has 1 saturated carbocycles. The number of imide groups is 1. The van der Waals surface area contributed by atoms with Crippen LogP contribution in [0.3, 0.4) is 0 Å². The maximum Gasteiger partial charge on any atom is 0.243 e. The van der Waals surface area contributed by atoms with E-state index in [9.17, 15) is 24.3 Å². The van der Waals surface area contributed by atoms with Gasteiger partial charge in [-0.25, -0.2) is 4.98 Å². The van der Waals surface area contributed by atoms with Gasteiger partial charge in [-0.2, -0.15) is 0 Å². The Balaban J connectivity index is 1.51. The third-order valence-electron chi connectivity index (χ3n) is 10.5. The Morgan fingerprint density at radius 2 is 1.71 bits per heavy atom. The number of nitrogens with two attached hydrogens (primary N) is 2. The zero-order valence-electron chi connectivity index (χ0n) is 30.4. The van der Waals surface area contributed by atoms with Gasteiger partial charge in [0.2, 0.25) is 23.4 Å². The van der Waals surface area contributed by atoms with Crippen molar-refractivity contribution in [1.29, 1.82) is 0 Å². The van der Waals surface area contributed by atoms with Crippen LogP contribution in [0, 0.1) is 23.7 Å². The van der Waals surface area contributed by atoms with Crippen LogP contribution >= 0.6 is 0 Å².